The van der Waals surface area contributed by atoms with Crippen molar-refractivity contribution < 1.29 is 4.11 Å². The second-order valence-electron chi connectivity index (χ2n) is 8.76. The van der Waals surface area contributed by atoms with Crippen LogP contribution in [0, 0.1) is 13.8 Å². The van der Waals surface area contributed by atoms with E-state index in [4.69, 9.17) is 4.11 Å². The normalized spacial score (nSPS) is 13.7. The van der Waals surface area contributed by atoms with Crippen molar-refractivity contribution in [2.45, 2.75) is 13.8 Å². The van der Waals surface area contributed by atoms with Gasteiger partial charge in [-0.25, -0.2) is 0 Å². The molecule has 3 heteroatoms. The van der Waals surface area contributed by atoms with Gasteiger partial charge in [0.1, 0.15) is 0 Å². The molecule has 1 aliphatic heterocycles. The molecular weight excluding hydrogens is 432 g/mol. The summed E-state index contributed by atoms with van der Waals surface area (Å²) in [6.45, 7) is 0.0561. The van der Waals surface area contributed by atoms with Crippen LogP contribution in [0.1, 0.15) is 15.2 Å². The third-order valence-corrected chi connectivity index (χ3v) is 7.88. The molecule has 0 unspecified atom stereocenters. The van der Waals surface area contributed by atoms with Gasteiger partial charge in [0.15, 0.2) is 0 Å². The van der Waals surface area contributed by atoms with Gasteiger partial charge < -0.3 is 5.32 Å². The quantitative estimate of drug-likeness (QED) is 0.266. The van der Waals surface area contributed by atoms with Crippen LogP contribution in [-0.4, -0.2) is 4.98 Å². The Morgan fingerprint density at radius 1 is 0.794 bits per heavy atom. The molecule has 0 spiro atoms. The van der Waals surface area contributed by atoms with E-state index in [0.29, 0.717) is 0 Å². The number of nitrogens with one attached hydrogen (secondary N) is 1. The first kappa shape index (κ1) is 16.6. The van der Waals surface area contributed by atoms with Gasteiger partial charge >= 0.3 is 0 Å². The molecule has 0 atom stereocenters. The first-order valence-corrected chi connectivity index (χ1v) is 12.1. The fourth-order valence-corrected chi connectivity index (χ4v) is 6.31. The maximum Gasteiger partial charge on any atom is 0.0702 e. The predicted octanol–water partition coefficient (Wildman–Crippen LogP) is 9.12. The van der Waals surface area contributed by atoms with E-state index in [9.17, 15) is 0 Å². The van der Waals surface area contributed by atoms with Crippen molar-refractivity contribution in [3.05, 3.63) is 102 Å². The molecule has 7 rings (SSSR count). The van der Waals surface area contributed by atoms with Crippen LogP contribution in [0.5, 0.6) is 0 Å². The summed E-state index contributed by atoms with van der Waals surface area (Å²) < 4.78 is 25.5. The maximum absolute atomic E-state index is 7.65. The fraction of sp³-hybridized carbons (Fsp3) is 0.0645. The first-order chi connectivity index (χ1) is 17.9. The SMILES string of the molecule is [2H]C([2H])([2H])c1ccc(-c2ccc3c(c2)-c2cc4sc5ccccc5c4c(c2C)-c2ccccc2N3)nc1. The molecule has 1 N–H and O–H groups in total. The van der Waals surface area contributed by atoms with E-state index in [0.717, 1.165) is 28.2 Å². The number of fused-ring (bicyclic) bond motifs is 10. The summed E-state index contributed by atoms with van der Waals surface area (Å²) in [4.78, 5) is 4.50. The Balaban J connectivity index is 1.51. The Labute approximate surface area is 206 Å². The zero-order valence-corrected chi connectivity index (χ0v) is 19.3. The minimum absolute atomic E-state index is 0.247. The Morgan fingerprint density at radius 3 is 2.53 bits per heavy atom. The Kier molecular flexibility index (Phi) is 3.56. The summed E-state index contributed by atoms with van der Waals surface area (Å²) in [5.74, 6) is 0. The molecule has 0 fully saturated rings. The lowest BCUT2D eigenvalue weighted by Crippen LogP contribution is -2.02. The van der Waals surface area contributed by atoms with Crippen molar-refractivity contribution in [2.24, 2.45) is 0 Å². The van der Waals surface area contributed by atoms with Crippen LogP contribution in [0.4, 0.5) is 11.4 Å². The molecule has 0 saturated carbocycles. The largest absolute Gasteiger partial charge is 0.355 e. The summed E-state index contributed by atoms with van der Waals surface area (Å²) in [7, 11) is 0. The maximum atomic E-state index is 7.65. The molecule has 2 bridgehead atoms. The number of pyridine rings is 1. The molecule has 0 radical (unpaired) electrons. The second kappa shape index (κ2) is 7.28. The standard InChI is InChI=1S/C31H22N2S/c1-18-11-13-25(32-17-18)20-12-14-27-24(15-20)23-16-29-31(22-8-4-6-10-28(22)34-29)30(19(23)2)21-7-3-5-9-26(21)33-27/h3-17,33H,1-2H3/i1D3. The van der Waals surface area contributed by atoms with Crippen LogP contribution >= 0.6 is 11.3 Å². The second-order valence-corrected chi connectivity index (χ2v) is 9.84. The molecule has 4 aromatic carbocycles. The van der Waals surface area contributed by atoms with Crippen molar-refractivity contribution in [1.29, 1.82) is 0 Å². The number of hydrogen-bond donors (Lipinski definition) is 1. The van der Waals surface area contributed by atoms with E-state index in [1.807, 2.05) is 17.4 Å². The van der Waals surface area contributed by atoms with Crippen molar-refractivity contribution in [3.8, 4) is 33.5 Å². The predicted molar refractivity (Wildman–Crippen MR) is 146 cm³/mol. The van der Waals surface area contributed by atoms with E-state index >= 15 is 0 Å². The van der Waals surface area contributed by atoms with Crippen LogP contribution in [0.25, 0.3) is 53.7 Å². The molecule has 3 heterocycles. The number of anilines is 2. The van der Waals surface area contributed by atoms with Gasteiger partial charge in [0.25, 0.3) is 0 Å². The van der Waals surface area contributed by atoms with E-state index in [2.05, 4.69) is 84.0 Å². The van der Waals surface area contributed by atoms with Gasteiger partial charge in [0.05, 0.1) is 5.69 Å². The van der Waals surface area contributed by atoms with Crippen LogP contribution in [0.15, 0.2) is 91.1 Å². The monoisotopic (exact) mass is 457 g/mol. The van der Waals surface area contributed by atoms with E-state index in [1.54, 1.807) is 12.1 Å². The molecule has 1 aliphatic rings. The number of rotatable bonds is 1. The lowest BCUT2D eigenvalue weighted by molar-refractivity contribution is 1.27. The van der Waals surface area contributed by atoms with Crippen molar-refractivity contribution in [1.82, 2.24) is 4.98 Å². The van der Waals surface area contributed by atoms with Gasteiger partial charge in [-0.2, -0.15) is 0 Å². The van der Waals surface area contributed by atoms with E-state index in [1.165, 1.54) is 48.6 Å². The smallest absolute Gasteiger partial charge is 0.0702 e. The van der Waals surface area contributed by atoms with Gasteiger partial charge in [0, 0.05) is 58.5 Å². The number of aryl methyl sites for hydroxylation is 1. The summed E-state index contributed by atoms with van der Waals surface area (Å²) in [6, 6.07) is 29.2. The van der Waals surface area contributed by atoms with Crippen molar-refractivity contribution in [3.63, 3.8) is 0 Å². The highest BCUT2D eigenvalue weighted by atomic mass is 32.1. The van der Waals surface area contributed by atoms with Crippen molar-refractivity contribution >= 4 is 42.9 Å². The zero-order valence-electron chi connectivity index (χ0n) is 21.5. The molecule has 2 nitrogen and oxygen atoms in total. The fourth-order valence-electron chi connectivity index (χ4n) is 5.16. The number of hydrogen-bond acceptors (Lipinski definition) is 3. The first-order valence-electron chi connectivity index (χ1n) is 12.8. The van der Waals surface area contributed by atoms with Gasteiger partial charge in [-0.1, -0.05) is 48.5 Å². The minimum atomic E-state index is -2.16. The molecule has 162 valence electrons. The zero-order chi connectivity index (χ0) is 25.3. The lowest BCUT2D eigenvalue weighted by atomic mass is 9.86. The molecule has 0 amide bonds. The topological polar surface area (TPSA) is 24.9 Å². The molecule has 0 aliphatic carbocycles. The van der Waals surface area contributed by atoms with E-state index < -0.39 is 6.85 Å². The minimum Gasteiger partial charge on any atom is -0.355 e. The number of nitrogens with zero attached hydrogens (tertiary/aromatic N) is 1. The van der Waals surface area contributed by atoms with Gasteiger partial charge in [-0.15, -0.1) is 11.3 Å². The summed E-state index contributed by atoms with van der Waals surface area (Å²) in [6.07, 6.45) is 1.46. The Bertz CT molecular complexity index is 1850. The average Bonchev–Trinajstić information content (AvgIpc) is 3.27. The molecule has 0 saturated heterocycles. The number of benzene rings is 4. The number of para-hydroxylation sites is 1. The average molecular weight is 458 g/mol. The van der Waals surface area contributed by atoms with Gasteiger partial charge in [0.2, 0.25) is 0 Å². The highest BCUT2D eigenvalue weighted by Gasteiger charge is 2.23. The Morgan fingerprint density at radius 2 is 1.65 bits per heavy atom. The van der Waals surface area contributed by atoms with Crippen LogP contribution in [0.3, 0.4) is 0 Å². The summed E-state index contributed by atoms with van der Waals surface area (Å²) in [5.41, 5.74) is 10.1. The van der Waals surface area contributed by atoms with Crippen LogP contribution in [0.2, 0.25) is 0 Å². The Hall–Kier alpha value is -3.95. The molecular formula is C31H22N2S. The molecule has 2 aromatic heterocycles. The summed E-state index contributed by atoms with van der Waals surface area (Å²) >= 11 is 1.83. The highest BCUT2D eigenvalue weighted by Crippen LogP contribution is 2.50. The highest BCUT2D eigenvalue weighted by molar-refractivity contribution is 7.26. The van der Waals surface area contributed by atoms with Crippen molar-refractivity contribution in [2.75, 3.05) is 5.32 Å². The lowest BCUT2D eigenvalue weighted by Gasteiger charge is -2.24. The van der Waals surface area contributed by atoms with Gasteiger partial charge in [-0.3, -0.25) is 4.98 Å². The third kappa shape index (κ3) is 2.84. The van der Waals surface area contributed by atoms with E-state index in [-0.39, 0.29) is 5.56 Å². The van der Waals surface area contributed by atoms with Crippen LogP contribution in [-0.2, 0) is 0 Å². The third-order valence-electron chi connectivity index (χ3n) is 6.76. The van der Waals surface area contributed by atoms with Gasteiger partial charge in [-0.05, 0) is 72.4 Å². The molecule has 34 heavy (non-hydrogen) atoms. The molecule has 6 aromatic rings. The number of aromatic nitrogens is 1. The van der Waals surface area contributed by atoms with Crippen LogP contribution < -0.4 is 5.32 Å². The summed E-state index contributed by atoms with van der Waals surface area (Å²) in [5, 5.41) is 6.29. The number of thiophene rings is 1.